The number of halogens is 2. The fourth-order valence-corrected chi connectivity index (χ4v) is 6.15. The summed E-state index contributed by atoms with van der Waals surface area (Å²) in [4.78, 5) is 42.9. The minimum absolute atomic E-state index is 0.0257. The Kier molecular flexibility index (Phi) is 8.10. The first kappa shape index (κ1) is 30.9. The van der Waals surface area contributed by atoms with Crippen molar-refractivity contribution in [1.29, 1.82) is 0 Å². The van der Waals surface area contributed by atoms with Crippen LogP contribution in [0.15, 0.2) is 58.9 Å². The number of anilines is 1. The van der Waals surface area contributed by atoms with Gasteiger partial charge in [-0.3, -0.25) is 9.78 Å². The monoisotopic (exact) mass is 622 g/mol. The first-order chi connectivity index (χ1) is 20.7. The third-order valence-corrected chi connectivity index (χ3v) is 8.85. The van der Waals surface area contributed by atoms with Gasteiger partial charge in [0.25, 0.3) is 0 Å². The number of fused-ring (bicyclic) bond motifs is 1. The number of benzene rings is 1. The molecule has 0 N–H and O–H groups in total. The molecule has 0 saturated carbocycles. The number of rotatable bonds is 6. The second-order valence-electron chi connectivity index (χ2n) is 11.2. The fraction of sp³-hybridized carbons (Fsp3) is 0.323. The molecule has 0 radical (unpaired) electrons. The largest absolute Gasteiger partial charge is 0.355 e. The van der Waals surface area contributed by atoms with E-state index in [0.717, 1.165) is 24.5 Å². The average Bonchev–Trinajstić information content (AvgIpc) is 2.96. The highest BCUT2D eigenvalue weighted by Gasteiger charge is 2.31. The lowest BCUT2D eigenvalue weighted by Crippen LogP contribution is -2.54. The Morgan fingerprint density at radius 1 is 1.11 bits per heavy atom. The molecule has 1 saturated heterocycles. The molecule has 0 aliphatic carbocycles. The quantitative estimate of drug-likeness (QED) is 0.294. The number of aryl methyl sites for hydroxylation is 1. The van der Waals surface area contributed by atoms with Crippen molar-refractivity contribution in [2.24, 2.45) is 0 Å². The molecule has 13 heteroatoms. The number of piperazine rings is 1. The fourth-order valence-electron chi connectivity index (χ4n) is 5.52. The van der Waals surface area contributed by atoms with E-state index in [9.17, 15) is 18.0 Å². The molecule has 230 valence electrons. The van der Waals surface area contributed by atoms with E-state index in [-0.39, 0.29) is 45.2 Å². The van der Waals surface area contributed by atoms with Gasteiger partial charge in [0, 0.05) is 43.7 Å². The molecule has 1 fully saturated rings. The molecule has 3 aromatic heterocycles. The second kappa shape index (κ2) is 11.5. The molecule has 4 aromatic rings. The zero-order valence-corrected chi connectivity index (χ0v) is 25.8. The average molecular weight is 623 g/mol. The van der Waals surface area contributed by atoms with E-state index >= 15 is 8.78 Å². The van der Waals surface area contributed by atoms with E-state index in [4.69, 9.17) is 0 Å². The Hall–Kier alpha value is -4.52. The highest BCUT2D eigenvalue weighted by molar-refractivity contribution is 7.90. The zero-order valence-electron chi connectivity index (χ0n) is 25.0. The number of sulfone groups is 1. The second-order valence-corrected chi connectivity index (χ2v) is 13.2. The Morgan fingerprint density at radius 2 is 1.84 bits per heavy atom. The van der Waals surface area contributed by atoms with E-state index in [1.165, 1.54) is 16.7 Å². The zero-order chi connectivity index (χ0) is 32.1. The summed E-state index contributed by atoms with van der Waals surface area (Å²) in [5.74, 6) is -2.03. The number of carbonyl (C=O) groups excluding carboxylic acids is 1. The van der Waals surface area contributed by atoms with Crippen LogP contribution in [0.25, 0.3) is 28.0 Å². The molecular weight excluding hydrogens is 590 g/mol. The smallest absolute Gasteiger partial charge is 0.350 e. The van der Waals surface area contributed by atoms with Gasteiger partial charge in [-0.15, -0.1) is 0 Å². The highest BCUT2D eigenvalue weighted by atomic mass is 32.2. The first-order valence-electron chi connectivity index (χ1n) is 14.0. The van der Waals surface area contributed by atoms with Crippen LogP contribution in [0, 0.1) is 18.6 Å². The van der Waals surface area contributed by atoms with Gasteiger partial charge in [-0.1, -0.05) is 20.4 Å². The minimum Gasteiger partial charge on any atom is -0.350 e. The van der Waals surface area contributed by atoms with Crippen LogP contribution < -0.4 is 10.6 Å². The molecule has 10 nitrogen and oxygen atoms in total. The Bertz CT molecular complexity index is 1990. The maximum absolute atomic E-state index is 15.9. The van der Waals surface area contributed by atoms with Crippen molar-refractivity contribution < 1.29 is 22.0 Å². The standard InChI is InChI=1S/C31H32F2N6O4S/c1-7-25(40)37-12-13-38(19(5)16-37)29-22-15-24(33)27(21-9-8-20(14-23(21)32)44(6,42)43)35-30(22)39(31(41)36-29)28-18(4)10-11-34-26(28)17(2)3/h7-11,14-15,17,19H,1,12-13,16H2,2-6H3/t19-/m0/s1. The molecule has 1 aliphatic rings. The SMILES string of the molecule is C=CC(=O)N1CCN(c2nc(=O)n(-c3c(C)ccnc3C(C)C)c3nc(-c4ccc(S(C)(=O)=O)cc4F)c(F)cc23)[C@@H](C)C1. The van der Waals surface area contributed by atoms with E-state index < -0.39 is 32.9 Å². The lowest BCUT2D eigenvalue weighted by atomic mass is 10.0. The van der Waals surface area contributed by atoms with Gasteiger partial charge in [0.2, 0.25) is 5.91 Å². The molecular formula is C31H32F2N6O4S. The van der Waals surface area contributed by atoms with Crippen LogP contribution in [0.5, 0.6) is 0 Å². The summed E-state index contributed by atoms with van der Waals surface area (Å²) >= 11 is 0. The molecule has 0 unspecified atom stereocenters. The highest BCUT2D eigenvalue weighted by Crippen LogP contribution is 2.34. The van der Waals surface area contributed by atoms with Crippen LogP contribution in [0.4, 0.5) is 14.6 Å². The molecule has 1 aromatic carbocycles. The summed E-state index contributed by atoms with van der Waals surface area (Å²) in [6.45, 7) is 12.0. The van der Waals surface area contributed by atoms with Crippen LogP contribution in [-0.2, 0) is 14.6 Å². The third-order valence-electron chi connectivity index (χ3n) is 7.74. The van der Waals surface area contributed by atoms with Gasteiger partial charge in [0.05, 0.1) is 21.7 Å². The predicted molar refractivity (Wildman–Crippen MR) is 164 cm³/mol. The third kappa shape index (κ3) is 5.47. The molecule has 44 heavy (non-hydrogen) atoms. The molecule has 0 bridgehead atoms. The molecule has 1 atom stereocenters. The van der Waals surface area contributed by atoms with Crippen LogP contribution in [-0.4, -0.2) is 70.7 Å². The van der Waals surface area contributed by atoms with Gasteiger partial charge in [0.15, 0.2) is 15.5 Å². The molecule has 1 amide bonds. The van der Waals surface area contributed by atoms with Crippen LogP contribution in [0.1, 0.15) is 37.9 Å². The lowest BCUT2D eigenvalue weighted by Gasteiger charge is -2.40. The minimum atomic E-state index is -3.72. The summed E-state index contributed by atoms with van der Waals surface area (Å²) in [6.07, 6.45) is 3.81. The van der Waals surface area contributed by atoms with Crippen molar-refractivity contribution in [3.8, 4) is 16.9 Å². The molecule has 4 heterocycles. The maximum Gasteiger partial charge on any atom is 0.355 e. The number of pyridine rings is 2. The summed E-state index contributed by atoms with van der Waals surface area (Å²) in [5.41, 5.74) is 0.377. The number of hydrogen-bond acceptors (Lipinski definition) is 8. The number of aromatic nitrogens is 4. The maximum atomic E-state index is 15.9. The molecule has 0 spiro atoms. The lowest BCUT2D eigenvalue weighted by molar-refractivity contribution is -0.126. The van der Waals surface area contributed by atoms with Crippen LogP contribution >= 0.6 is 0 Å². The van der Waals surface area contributed by atoms with Crippen molar-refractivity contribution in [3.63, 3.8) is 0 Å². The van der Waals surface area contributed by atoms with E-state index in [1.54, 1.807) is 24.1 Å². The van der Waals surface area contributed by atoms with Crippen molar-refractivity contribution >= 4 is 32.6 Å². The van der Waals surface area contributed by atoms with Gasteiger partial charge >= 0.3 is 5.69 Å². The summed E-state index contributed by atoms with van der Waals surface area (Å²) in [7, 11) is -3.72. The van der Waals surface area contributed by atoms with Crippen molar-refractivity contribution in [2.45, 2.75) is 44.6 Å². The Labute approximate surface area is 253 Å². The topological polar surface area (TPSA) is 118 Å². The van der Waals surface area contributed by atoms with Gasteiger partial charge in [-0.2, -0.15) is 4.98 Å². The van der Waals surface area contributed by atoms with Gasteiger partial charge in [-0.25, -0.2) is 31.5 Å². The summed E-state index contributed by atoms with van der Waals surface area (Å²) < 4.78 is 56.5. The number of amides is 1. The Morgan fingerprint density at radius 3 is 2.45 bits per heavy atom. The Balaban J connectivity index is 1.81. The van der Waals surface area contributed by atoms with Crippen molar-refractivity contribution in [2.75, 3.05) is 30.8 Å². The van der Waals surface area contributed by atoms with Crippen molar-refractivity contribution in [3.05, 3.63) is 82.6 Å². The van der Waals surface area contributed by atoms with Crippen LogP contribution in [0.3, 0.4) is 0 Å². The van der Waals surface area contributed by atoms with E-state index in [0.29, 0.717) is 36.6 Å². The van der Waals surface area contributed by atoms with Gasteiger partial charge in [0.1, 0.15) is 23.1 Å². The predicted octanol–water partition coefficient (Wildman–Crippen LogP) is 4.18. The number of carbonyl (C=O) groups is 1. The summed E-state index contributed by atoms with van der Waals surface area (Å²) in [6, 6.07) is 5.75. The van der Waals surface area contributed by atoms with E-state index in [1.807, 2.05) is 25.7 Å². The first-order valence-corrected chi connectivity index (χ1v) is 15.9. The van der Waals surface area contributed by atoms with Gasteiger partial charge in [-0.05, 0) is 61.7 Å². The van der Waals surface area contributed by atoms with E-state index in [2.05, 4.69) is 21.5 Å². The van der Waals surface area contributed by atoms with Crippen LogP contribution in [0.2, 0.25) is 0 Å². The number of nitrogens with zero attached hydrogens (tertiary/aromatic N) is 6. The molecule has 5 rings (SSSR count). The van der Waals surface area contributed by atoms with Crippen molar-refractivity contribution in [1.82, 2.24) is 24.4 Å². The molecule has 1 aliphatic heterocycles. The number of hydrogen-bond donors (Lipinski definition) is 0. The van der Waals surface area contributed by atoms with Gasteiger partial charge < -0.3 is 9.80 Å². The normalized spacial score (nSPS) is 15.7. The summed E-state index contributed by atoms with van der Waals surface area (Å²) in [5, 5.41) is 0.201.